The third kappa shape index (κ3) is 1.95. The van der Waals surface area contributed by atoms with E-state index in [4.69, 9.17) is 0 Å². The van der Waals surface area contributed by atoms with Crippen LogP contribution in [0.2, 0.25) is 0 Å². The van der Waals surface area contributed by atoms with Crippen molar-refractivity contribution < 1.29 is 13.2 Å². The molecule has 0 N–H and O–H groups in total. The van der Waals surface area contributed by atoms with E-state index in [1.807, 2.05) is 0 Å². The summed E-state index contributed by atoms with van der Waals surface area (Å²) in [5.74, 6) is 0. The van der Waals surface area contributed by atoms with Crippen molar-refractivity contribution in [3.63, 3.8) is 0 Å². The number of halogens is 4. The summed E-state index contributed by atoms with van der Waals surface area (Å²) in [5.41, 5.74) is -0.728. The van der Waals surface area contributed by atoms with Crippen molar-refractivity contribution in [3.8, 4) is 0 Å². The molecular weight excluding hydrogens is 253 g/mol. The average molecular weight is 257 g/mol. The van der Waals surface area contributed by atoms with E-state index in [1.165, 1.54) is 18.2 Å². The maximum absolute atomic E-state index is 12.2. The van der Waals surface area contributed by atoms with Crippen molar-refractivity contribution in [1.82, 2.24) is 0 Å². The van der Waals surface area contributed by atoms with Gasteiger partial charge in [-0.05, 0) is 12.1 Å². The smallest absolute Gasteiger partial charge is 0.166 e. The molecule has 66 valence electrons. The summed E-state index contributed by atoms with van der Waals surface area (Å²) in [4.78, 5) is -0.0723. The standard InChI is InChI=1S/C7H4BrF3S/c8-4-2-1-3-5(12)6(4)7(9,10)11/h1-3,12H. The molecule has 1 rings (SSSR count). The van der Waals surface area contributed by atoms with E-state index < -0.39 is 11.7 Å². The Bertz CT molecular complexity index is 275. The SMILES string of the molecule is FC(F)(F)c1c(S)cccc1Br. The molecule has 0 spiro atoms. The second-order valence-electron chi connectivity index (χ2n) is 2.13. The molecule has 1 aromatic rings. The summed E-state index contributed by atoms with van der Waals surface area (Å²) in [5, 5.41) is 0. The van der Waals surface area contributed by atoms with Crippen LogP contribution in [0, 0.1) is 0 Å². The van der Waals surface area contributed by atoms with Gasteiger partial charge in [0.2, 0.25) is 0 Å². The first kappa shape index (κ1) is 9.92. The number of hydrogen-bond acceptors (Lipinski definition) is 1. The minimum Gasteiger partial charge on any atom is -0.166 e. The molecule has 12 heavy (non-hydrogen) atoms. The summed E-state index contributed by atoms with van der Waals surface area (Å²) in [6.45, 7) is 0. The molecular formula is C7H4BrF3S. The zero-order chi connectivity index (χ0) is 9.35. The first-order chi connectivity index (χ1) is 5.43. The molecule has 0 amide bonds. The Morgan fingerprint density at radius 2 is 1.83 bits per heavy atom. The van der Waals surface area contributed by atoms with E-state index in [9.17, 15) is 13.2 Å². The van der Waals surface area contributed by atoms with Crippen LogP contribution in [0.3, 0.4) is 0 Å². The maximum Gasteiger partial charge on any atom is 0.418 e. The van der Waals surface area contributed by atoms with Gasteiger partial charge in [-0.15, -0.1) is 12.6 Å². The number of thiol groups is 1. The summed E-state index contributed by atoms with van der Waals surface area (Å²) < 4.78 is 36.7. The third-order valence-electron chi connectivity index (χ3n) is 1.28. The number of hydrogen-bond donors (Lipinski definition) is 1. The van der Waals surface area contributed by atoms with Gasteiger partial charge in [0, 0.05) is 9.37 Å². The Hall–Kier alpha value is -0.160. The fourth-order valence-corrected chi connectivity index (χ4v) is 1.87. The highest BCUT2D eigenvalue weighted by atomic mass is 79.9. The lowest BCUT2D eigenvalue weighted by molar-refractivity contribution is -0.140. The molecule has 0 aliphatic rings. The molecule has 0 radical (unpaired) electrons. The Balaban J connectivity index is 3.31. The molecule has 0 saturated heterocycles. The van der Waals surface area contributed by atoms with E-state index in [2.05, 4.69) is 28.6 Å². The molecule has 0 aromatic heterocycles. The molecule has 5 heteroatoms. The summed E-state index contributed by atoms with van der Waals surface area (Å²) in [6, 6.07) is 4.14. The van der Waals surface area contributed by atoms with Crippen molar-refractivity contribution >= 4 is 28.6 Å². The van der Waals surface area contributed by atoms with Crippen molar-refractivity contribution in [3.05, 3.63) is 28.2 Å². The molecule has 0 aliphatic carbocycles. The van der Waals surface area contributed by atoms with E-state index in [1.54, 1.807) is 0 Å². The molecule has 0 bridgehead atoms. The van der Waals surface area contributed by atoms with Crippen molar-refractivity contribution in [1.29, 1.82) is 0 Å². The third-order valence-corrected chi connectivity index (χ3v) is 2.31. The zero-order valence-corrected chi connectivity index (χ0v) is 8.17. The molecule has 0 saturated carbocycles. The van der Waals surface area contributed by atoms with E-state index in [-0.39, 0.29) is 9.37 Å². The number of benzene rings is 1. The van der Waals surface area contributed by atoms with Gasteiger partial charge in [-0.25, -0.2) is 0 Å². The Kier molecular flexibility index (Phi) is 2.73. The van der Waals surface area contributed by atoms with Gasteiger partial charge >= 0.3 is 6.18 Å². The molecule has 0 fully saturated rings. The molecule has 0 atom stereocenters. The van der Waals surface area contributed by atoms with Gasteiger partial charge in [-0.3, -0.25) is 0 Å². The van der Waals surface area contributed by atoms with Crippen LogP contribution in [0.1, 0.15) is 5.56 Å². The predicted molar refractivity (Wildman–Crippen MR) is 46.4 cm³/mol. The first-order valence-corrected chi connectivity index (χ1v) is 4.21. The van der Waals surface area contributed by atoms with Gasteiger partial charge in [-0.2, -0.15) is 13.2 Å². The molecule has 0 heterocycles. The number of rotatable bonds is 0. The fraction of sp³-hybridized carbons (Fsp3) is 0.143. The fourth-order valence-electron chi connectivity index (χ4n) is 0.793. The van der Waals surface area contributed by atoms with E-state index >= 15 is 0 Å². The van der Waals surface area contributed by atoms with Crippen molar-refractivity contribution in [2.75, 3.05) is 0 Å². The second-order valence-corrected chi connectivity index (χ2v) is 3.47. The average Bonchev–Trinajstić information content (AvgIpc) is 1.82. The Morgan fingerprint density at radius 1 is 1.25 bits per heavy atom. The first-order valence-electron chi connectivity index (χ1n) is 2.97. The second kappa shape index (κ2) is 3.30. The highest BCUT2D eigenvalue weighted by Crippen LogP contribution is 2.38. The molecule has 0 nitrogen and oxygen atoms in total. The summed E-state index contributed by atoms with van der Waals surface area (Å²) >= 11 is 6.53. The van der Waals surface area contributed by atoms with Gasteiger partial charge in [0.1, 0.15) is 0 Å². The summed E-state index contributed by atoms with van der Waals surface area (Å²) in [6.07, 6.45) is -4.35. The molecule has 0 unspecified atom stereocenters. The van der Waals surface area contributed by atoms with Gasteiger partial charge < -0.3 is 0 Å². The van der Waals surface area contributed by atoms with Crippen LogP contribution in [-0.2, 0) is 6.18 Å². The quantitative estimate of drug-likeness (QED) is 0.672. The minimum absolute atomic E-state index is 0.0162. The Morgan fingerprint density at radius 3 is 2.17 bits per heavy atom. The van der Waals surface area contributed by atoms with Gasteiger partial charge in [0.15, 0.2) is 0 Å². The van der Waals surface area contributed by atoms with Crippen LogP contribution in [0.25, 0.3) is 0 Å². The van der Waals surface area contributed by atoms with Crippen LogP contribution in [0.15, 0.2) is 27.6 Å². The lowest BCUT2D eigenvalue weighted by atomic mass is 10.2. The Labute approximate surface area is 81.3 Å². The normalized spacial score (nSPS) is 11.8. The zero-order valence-electron chi connectivity index (χ0n) is 5.69. The van der Waals surface area contributed by atoms with Gasteiger partial charge in [0.25, 0.3) is 0 Å². The van der Waals surface area contributed by atoms with Gasteiger partial charge in [0.05, 0.1) is 5.56 Å². The van der Waals surface area contributed by atoms with Crippen molar-refractivity contribution in [2.45, 2.75) is 11.1 Å². The van der Waals surface area contributed by atoms with Crippen LogP contribution in [0.4, 0.5) is 13.2 Å². The molecule has 0 aliphatic heterocycles. The lowest BCUT2D eigenvalue weighted by Crippen LogP contribution is -2.06. The van der Waals surface area contributed by atoms with Crippen LogP contribution in [-0.4, -0.2) is 0 Å². The predicted octanol–water partition coefficient (Wildman–Crippen LogP) is 3.76. The highest BCUT2D eigenvalue weighted by Gasteiger charge is 2.34. The minimum atomic E-state index is -4.35. The van der Waals surface area contributed by atoms with Crippen LogP contribution >= 0.6 is 28.6 Å². The van der Waals surface area contributed by atoms with Crippen molar-refractivity contribution in [2.24, 2.45) is 0 Å². The maximum atomic E-state index is 12.2. The lowest BCUT2D eigenvalue weighted by Gasteiger charge is -2.10. The topological polar surface area (TPSA) is 0 Å². The number of alkyl halides is 3. The summed E-state index contributed by atoms with van der Waals surface area (Å²) in [7, 11) is 0. The van der Waals surface area contributed by atoms with Gasteiger partial charge in [-0.1, -0.05) is 22.0 Å². The van der Waals surface area contributed by atoms with Crippen LogP contribution in [0.5, 0.6) is 0 Å². The monoisotopic (exact) mass is 256 g/mol. The largest absolute Gasteiger partial charge is 0.418 e. The van der Waals surface area contributed by atoms with E-state index in [0.29, 0.717) is 0 Å². The highest BCUT2D eigenvalue weighted by molar-refractivity contribution is 9.10. The van der Waals surface area contributed by atoms with Crippen LogP contribution < -0.4 is 0 Å². The van der Waals surface area contributed by atoms with E-state index in [0.717, 1.165) is 0 Å². The molecule has 1 aromatic carbocycles.